The van der Waals surface area contributed by atoms with Crippen LogP contribution in [0, 0.1) is 0 Å². The molecule has 0 N–H and O–H groups in total. The lowest BCUT2D eigenvalue weighted by Gasteiger charge is -2.32. The predicted molar refractivity (Wildman–Crippen MR) is 303 cm³/mol. The summed E-state index contributed by atoms with van der Waals surface area (Å²) < 4.78 is 0. The quantitative estimate of drug-likeness (QED) is 0.123. The second-order valence-electron chi connectivity index (χ2n) is 19.5. The molecule has 0 radical (unpaired) electrons. The second kappa shape index (κ2) is 16.3. The maximum atomic E-state index is 5.45. The predicted octanol–water partition coefficient (Wildman–Crippen LogP) is 18.3. The smallest absolute Gasteiger partial charge is 0.160 e. The molecule has 0 aliphatic heterocycles. The molecule has 0 bridgehead atoms. The van der Waals surface area contributed by atoms with E-state index in [-0.39, 0.29) is 0 Å². The van der Waals surface area contributed by atoms with E-state index in [0.717, 1.165) is 39.2 Å². The van der Waals surface area contributed by atoms with Crippen LogP contribution < -0.4 is 0 Å². The Morgan fingerprint density at radius 2 is 0.712 bits per heavy atom. The van der Waals surface area contributed by atoms with Crippen molar-refractivity contribution in [1.29, 1.82) is 0 Å². The first-order chi connectivity index (χ1) is 36.2. The molecular weight excluding hydrogens is 881 g/mol. The lowest BCUT2D eigenvalue weighted by atomic mass is 9.69. The van der Waals surface area contributed by atoms with Gasteiger partial charge in [0.1, 0.15) is 0 Å². The van der Waals surface area contributed by atoms with E-state index in [1.165, 1.54) is 99.1 Å². The molecule has 15 rings (SSSR count). The van der Waals surface area contributed by atoms with Crippen molar-refractivity contribution in [1.82, 2.24) is 9.97 Å². The first-order valence-corrected chi connectivity index (χ1v) is 25.2. The van der Waals surface area contributed by atoms with Gasteiger partial charge in [-0.05, 0) is 122 Å². The molecule has 1 aromatic heterocycles. The topological polar surface area (TPSA) is 25.8 Å². The Morgan fingerprint density at radius 1 is 0.247 bits per heavy atom. The van der Waals surface area contributed by atoms with Crippen molar-refractivity contribution in [3.63, 3.8) is 0 Å². The summed E-state index contributed by atoms with van der Waals surface area (Å²) >= 11 is 0. The molecule has 73 heavy (non-hydrogen) atoms. The number of fused-ring (bicyclic) bond motifs is 14. The van der Waals surface area contributed by atoms with Gasteiger partial charge in [-0.1, -0.05) is 255 Å². The van der Waals surface area contributed by atoms with Crippen LogP contribution in [-0.4, -0.2) is 9.97 Å². The molecule has 0 saturated carbocycles. The zero-order chi connectivity index (χ0) is 48.0. The van der Waals surface area contributed by atoms with Crippen molar-refractivity contribution in [2.24, 2.45) is 0 Å². The Hall–Kier alpha value is -9.50. The van der Waals surface area contributed by atoms with Gasteiger partial charge in [0.15, 0.2) is 5.82 Å². The number of nitrogens with zero attached hydrogens (tertiary/aromatic N) is 2. The summed E-state index contributed by atoms with van der Waals surface area (Å²) in [4.78, 5) is 10.7. The minimum atomic E-state index is -0.503. The SMILES string of the molecule is c1ccc(-c2nc(-c3ccc(-c4ccc(-c5ccc(-c6c7ccccc7cc7c6ccc6ccccc67)cc5)cc4)cc3)cc(-c3cccc4c3C3(c5ccccc5-c5ccccc53)c3ccccc3-4)n2)cc1. The molecule has 12 aromatic carbocycles. The van der Waals surface area contributed by atoms with Crippen LogP contribution in [0.2, 0.25) is 0 Å². The van der Waals surface area contributed by atoms with Crippen molar-refractivity contribution in [3.8, 4) is 89.5 Å². The van der Waals surface area contributed by atoms with Crippen LogP contribution >= 0.6 is 0 Å². The van der Waals surface area contributed by atoms with Crippen LogP contribution in [0.4, 0.5) is 0 Å². The Balaban J connectivity index is 0.786. The summed E-state index contributed by atoms with van der Waals surface area (Å²) in [5, 5.41) is 7.63. The first-order valence-electron chi connectivity index (χ1n) is 25.2. The van der Waals surface area contributed by atoms with Crippen LogP contribution in [0.15, 0.2) is 267 Å². The van der Waals surface area contributed by atoms with Gasteiger partial charge in [0.05, 0.1) is 16.8 Å². The standard InChI is InChI=1S/C71H44N2/c1-2-16-52(17-3-1)70-72-66(44-67(73-70)61-25-14-24-60-58-23-10-13-28-65(58)71(69(60)61)63-26-11-8-21-56(63)57-22-9-12-27-64(57)71)50-37-33-47(34-38-50)45-29-31-46(32-30-45)48-35-39-51(40-36-48)68-55-20-7-5-18-53(55)43-62-54-19-6-4-15-49(54)41-42-59(62)68/h1-44H. The molecule has 13 aromatic rings. The van der Waals surface area contributed by atoms with Crippen molar-refractivity contribution in [2.75, 3.05) is 0 Å². The third-order valence-corrected chi connectivity index (χ3v) is 15.7. The molecule has 0 amide bonds. The molecular formula is C71H44N2. The van der Waals surface area contributed by atoms with Crippen LogP contribution in [0.25, 0.3) is 122 Å². The fraction of sp³-hybridized carbons (Fsp3) is 0.0141. The first kappa shape index (κ1) is 41.3. The van der Waals surface area contributed by atoms with Crippen LogP contribution in [0.3, 0.4) is 0 Å². The molecule has 0 atom stereocenters. The van der Waals surface area contributed by atoms with Gasteiger partial charge in [0.2, 0.25) is 0 Å². The largest absolute Gasteiger partial charge is 0.228 e. The van der Waals surface area contributed by atoms with Gasteiger partial charge in [0, 0.05) is 16.7 Å². The normalized spacial score (nSPS) is 12.8. The van der Waals surface area contributed by atoms with E-state index in [9.17, 15) is 0 Å². The van der Waals surface area contributed by atoms with E-state index < -0.39 is 5.41 Å². The molecule has 0 unspecified atom stereocenters. The highest BCUT2D eigenvalue weighted by Gasteiger charge is 2.52. The Bertz CT molecular complexity index is 4280. The maximum absolute atomic E-state index is 5.45. The number of hydrogen-bond donors (Lipinski definition) is 0. The highest BCUT2D eigenvalue weighted by Crippen LogP contribution is 2.64. The lowest BCUT2D eigenvalue weighted by molar-refractivity contribution is 0.795. The van der Waals surface area contributed by atoms with Crippen LogP contribution in [0.1, 0.15) is 22.3 Å². The molecule has 1 heterocycles. The molecule has 0 fully saturated rings. The highest BCUT2D eigenvalue weighted by molar-refractivity contribution is 6.20. The van der Waals surface area contributed by atoms with E-state index in [4.69, 9.17) is 9.97 Å². The Labute approximate surface area is 424 Å². The fourth-order valence-electron chi connectivity index (χ4n) is 12.5. The molecule has 1 spiro atoms. The van der Waals surface area contributed by atoms with Gasteiger partial charge in [0.25, 0.3) is 0 Å². The van der Waals surface area contributed by atoms with Crippen LogP contribution in [0.5, 0.6) is 0 Å². The van der Waals surface area contributed by atoms with Crippen molar-refractivity contribution < 1.29 is 0 Å². The van der Waals surface area contributed by atoms with E-state index in [0.29, 0.717) is 5.82 Å². The van der Waals surface area contributed by atoms with Crippen LogP contribution in [-0.2, 0) is 5.41 Å². The molecule has 2 nitrogen and oxygen atoms in total. The zero-order valence-corrected chi connectivity index (χ0v) is 39.8. The monoisotopic (exact) mass is 924 g/mol. The minimum absolute atomic E-state index is 0.503. The van der Waals surface area contributed by atoms with Gasteiger partial charge >= 0.3 is 0 Å². The number of aromatic nitrogens is 2. The van der Waals surface area contributed by atoms with E-state index >= 15 is 0 Å². The number of hydrogen-bond acceptors (Lipinski definition) is 2. The van der Waals surface area contributed by atoms with E-state index in [1.54, 1.807) is 0 Å². The number of rotatable bonds is 6. The third-order valence-electron chi connectivity index (χ3n) is 15.7. The molecule has 0 saturated heterocycles. The van der Waals surface area contributed by atoms with E-state index in [1.807, 2.05) is 6.07 Å². The fourth-order valence-corrected chi connectivity index (χ4v) is 12.5. The Kier molecular flexibility index (Phi) is 9.21. The highest BCUT2D eigenvalue weighted by atomic mass is 14.9. The summed E-state index contributed by atoms with van der Waals surface area (Å²) in [6.07, 6.45) is 0. The molecule has 338 valence electrons. The average Bonchev–Trinajstić information content (AvgIpc) is 3.98. The van der Waals surface area contributed by atoms with Crippen molar-refractivity contribution in [2.45, 2.75) is 5.41 Å². The molecule has 2 aliphatic rings. The lowest BCUT2D eigenvalue weighted by Crippen LogP contribution is -2.26. The third kappa shape index (κ3) is 6.30. The van der Waals surface area contributed by atoms with Gasteiger partial charge < -0.3 is 0 Å². The summed E-state index contributed by atoms with van der Waals surface area (Å²) in [7, 11) is 0. The average molecular weight is 925 g/mol. The summed E-state index contributed by atoms with van der Waals surface area (Å²) in [6.45, 7) is 0. The summed E-state index contributed by atoms with van der Waals surface area (Å²) in [6, 6.07) is 97.6. The molecule has 2 heteroatoms. The zero-order valence-electron chi connectivity index (χ0n) is 39.8. The summed E-state index contributed by atoms with van der Waals surface area (Å²) in [5.74, 6) is 0.703. The Morgan fingerprint density at radius 3 is 1.34 bits per heavy atom. The van der Waals surface area contributed by atoms with Gasteiger partial charge in [-0.3, -0.25) is 0 Å². The van der Waals surface area contributed by atoms with Gasteiger partial charge in [-0.15, -0.1) is 0 Å². The second-order valence-corrected chi connectivity index (χ2v) is 19.5. The summed E-state index contributed by atoms with van der Waals surface area (Å²) in [5.41, 5.74) is 21.9. The van der Waals surface area contributed by atoms with Gasteiger partial charge in [-0.25, -0.2) is 9.97 Å². The number of benzene rings is 12. The van der Waals surface area contributed by atoms with E-state index in [2.05, 4.69) is 261 Å². The minimum Gasteiger partial charge on any atom is -0.228 e. The molecule has 2 aliphatic carbocycles. The van der Waals surface area contributed by atoms with Crippen molar-refractivity contribution >= 4 is 32.3 Å². The van der Waals surface area contributed by atoms with Gasteiger partial charge in [-0.2, -0.15) is 0 Å². The maximum Gasteiger partial charge on any atom is 0.160 e. The van der Waals surface area contributed by atoms with Crippen molar-refractivity contribution in [3.05, 3.63) is 289 Å².